The molecule has 0 fully saturated rings. The van der Waals surface area contributed by atoms with Gasteiger partial charge in [0.1, 0.15) is 12.3 Å². The lowest BCUT2D eigenvalue weighted by Gasteiger charge is -2.24. The van der Waals surface area contributed by atoms with E-state index in [2.05, 4.69) is 5.32 Å². The summed E-state index contributed by atoms with van der Waals surface area (Å²) in [5.41, 5.74) is 2.59. The Morgan fingerprint density at radius 3 is 2.42 bits per heavy atom. The number of rotatable bonds is 8. The SMILES string of the molecule is COc1ccccc1N(CC(=O)Nc1cccc(C)c1)S(=O)(=O)C=Cc1ccccc1. The monoisotopic (exact) mass is 436 g/mol. The maximum Gasteiger partial charge on any atom is 0.258 e. The predicted molar refractivity (Wildman–Crippen MR) is 125 cm³/mol. The van der Waals surface area contributed by atoms with Crippen molar-refractivity contribution < 1.29 is 17.9 Å². The van der Waals surface area contributed by atoms with Crippen molar-refractivity contribution in [2.24, 2.45) is 0 Å². The van der Waals surface area contributed by atoms with Gasteiger partial charge in [0.05, 0.1) is 18.2 Å². The minimum Gasteiger partial charge on any atom is -0.495 e. The van der Waals surface area contributed by atoms with Gasteiger partial charge in [0.25, 0.3) is 10.0 Å². The third-order valence-corrected chi connectivity index (χ3v) is 5.90. The Morgan fingerprint density at radius 2 is 1.71 bits per heavy atom. The fraction of sp³-hybridized carbons (Fsp3) is 0.125. The van der Waals surface area contributed by atoms with E-state index in [9.17, 15) is 13.2 Å². The summed E-state index contributed by atoms with van der Waals surface area (Å²) in [4.78, 5) is 12.7. The number of benzene rings is 3. The van der Waals surface area contributed by atoms with Gasteiger partial charge in [0, 0.05) is 5.69 Å². The average molecular weight is 437 g/mol. The molecule has 0 atom stereocenters. The van der Waals surface area contributed by atoms with Crippen LogP contribution in [0.2, 0.25) is 0 Å². The largest absolute Gasteiger partial charge is 0.495 e. The number of para-hydroxylation sites is 2. The molecule has 0 aliphatic carbocycles. The zero-order valence-electron chi connectivity index (χ0n) is 17.4. The van der Waals surface area contributed by atoms with Crippen molar-refractivity contribution in [2.75, 3.05) is 23.3 Å². The van der Waals surface area contributed by atoms with E-state index in [1.54, 1.807) is 42.5 Å². The van der Waals surface area contributed by atoms with Crippen LogP contribution in [0.5, 0.6) is 5.75 Å². The highest BCUT2D eigenvalue weighted by Crippen LogP contribution is 2.30. The first-order chi connectivity index (χ1) is 14.9. The number of carbonyl (C=O) groups is 1. The zero-order chi connectivity index (χ0) is 22.3. The van der Waals surface area contributed by atoms with Crippen LogP contribution in [0.1, 0.15) is 11.1 Å². The molecule has 160 valence electrons. The molecule has 0 saturated heterocycles. The Hall–Kier alpha value is -3.58. The number of nitrogens with one attached hydrogen (secondary N) is 1. The number of sulfonamides is 1. The van der Waals surface area contributed by atoms with E-state index in [1.807, 2.05) is 43.3 Å². The van der Waals surface area contributed by atoms with Gasteiger partial charge in [-0.25, -0.2) is 8.42 Å². The summed E-state index contributed by atoms with van der Waals surface area (Å²) in [6, 6.07) is 23.1. The third kappa shape index (κ3) is 5.96. The highest BCUT2D eigenvalue weighted by atomic mass is 32.2. The Morgan fingerprint density at radius 1 is 1.00 bits per heavy atom. The van der Waals surface area contributed by atoms with Crippen LogP contribution in [0.3, 0.4) is 0 Å². The van der Waals surface area contributed by atoms with Crippen molar-refractivity contribution in [3.05, 3.63) is 95.4 Å². The van der Waals surface area contributed by atoms with Crippen LogP contribution in [0.25, 0.3) is 6.08 Å². The van der Waals surface area contributed by atoms with Crippen molar-refractivity contribution >= 4 is 33.4 Å². The maximum absolute atomic E-state index is 13.2. The number of hydrogen-bond donors (Lipinski definition) is 1. The third-order valence-electron chi connectivity index (χ3n) is 4.48. The Balaban J connectivity index is 1.92. The number of amides is 1. The molecule has 0 saturated carbocycles. The first kappa shape index (κ1) is 22.1. The normalized spacial score (nSPS) is 11.3. The lowest BCUT2D eigenvalue weighted by molar-refractivity contribution is -0.114. The molecule has 0 aromatic heterocycles. The minimum absolute atomic E-state index is 0.280. The number of hydrogen-bond acceptors (Lipinski definition) is 4. The average Bonchev–Trinajstić information content (AvgIpc) is 2.77. The number of nitrogens with zero attached hydrogens (tertiary/aromatic N) is 1. The molecule has 1 amide bonds. The fourth-order valence-electron chi connectivity index (χ4n) is 3.00. The van der Waals surface area contributed by atoms with E-state index >= 15 is 0 Å². The summed E-state index contributed by atoms with van der Waals surface area (Å²) >= 11 is 0. The van der Waals surface area contributed by atoms with Crippen LogP contribution in [-0.4, -0.2) is 28.0 Å². The number of carbonyl (C=O) groups excluding carboxylic acids is 1. The van der Waals surface area contributed by atoms with Crippen molar-refractivity contribution in [2.45, 2.75) is 6.92 Å². The first-order valence-corrected chi connectivity index (χ1v) is 11.1. The number of ether oxygens (including phenoxy) is 1. The van der Waals surface area contributed by atoms with Crippen molar-refractivity contribution in [3.8, 4) is 5.75 Å². The van der Waals surface area contributed by atoms with E-state index < -0.39 is 22.5 Å². The molecule has 0 aliphatic rings. The Kier molecular flexibility index (Phi) is 7.10. The van der Waals surface area contributed by atoms with Crippen molar-refractivity contribution in [1.29, 1.82) is 0 Å². The highest BCUT2D eigenvalue weighted by Gasteiger charge is 2.25. The van der Waals surface area contributed by atoms with E-state index in [1.165, 1.54) is 13.2 Å². The van der Waals surface area contributed by atoms with Gasteiger partial charge in [-0.05, 0) is 48.4 Å². The van der Waals surface area contributed by atoms with Gasteiger partial charge in [0.15, 0.2) is 0 Å². The van der Waals surface area contributed by atoms with Gasteiger partial charge >= 0.3 is 0 Å². The molecule has 1 N–H and O–H groups in total. The van der Waals surface area contributed by atoms with Gasteiger partial charge in [-0.1, -0.05) is 54.6 Å². The van der Waals surface area contributed by atoms with Crippen LogP contribution < -0.4 is 14.4 Å². The van der Waals surface area contributed by atoms with Crippen LogP contribution in [-0.2, 0) is 14.8 Å². The summed E-state index contributed by atoms with van der Waals surface area (Å²) in [6.45, 7) is 1.51. The molecule has 3 aromatic rings. The maximum atomic E-state index is 13.2. The quantitative estimate of drug-likeness (QED) is 0.566. The van der Waals surface area contributed by atoms with E-state index in [4.69, 9.17) is 4.74 Å². The molecule has 0 spiro atoms. The molecule has 3 aromatic carbocycles. The summed E-state index contributed by atoms with van der Waals surface area (Å²) < 4.78 is 32.8. The lowest BCUT2D eigenvalue weighted by Crippen LogP contribution is -2.37. The smallest absolute Gasteiger partial charge is 0.258 e. The van der Waals surface area contributed by atoms with Gasteiger partial charge in [-0.2, -0.15) is 0 Å². The number of methoxy groups -OCH3 is 1. The molecule has 0 aliphatic heterocycles. The number of anilines is 2. The van der Waals surface area contributed by atoms with Crippen LogP contribution in [0.15, 0.2) is 84.3 Å². The van der Waals surface area contributed by atoms with Crippen molar-refractivity contribution in [1.82, 2.24) is 0 Å². The van der Waals surface area contributed by atoms with E-state index in [0.717, 1.165) is 20.8 Å². The molecular formula is C24H24N2O4S. The molecule has 0 heterocycles. The number of aryl methyl sites for hydroxylation is 1. The van der Waals surface area contributed by atoms with E-state index in [0.29, 0.717) is 11.4 Å². The Labute approximate surface area is 182 Å². The molecule has 0 unspecified atom stereocenters. The topological polar surface area (TPSA) is 75.7 Å². The molecule has 31 heavy (non-hydrogen) atoms. The second-order valence-corrected chi connectivity index (χ2v) is 8.60. The van der Waals surface area contributed by atoms with Crippen LogP contribution >= 0.6 is 0 Å². The molecular weight excluding hydrogens is 412 g/mol. The second kappa shape index (κ2) is 9.95. The highest BCUT2D eigenvalue weighted by molar-refractivity contribution is 7.95. The predicted octanol–water partition coefficient (Wildman–Crippen LogP) is 4.45. The van der Waals surface area contributed by atoms with Gasteiger partial charge in [0.2, 0.25) is 5.91 Å². The summed E-state index contributed by atoms with van der Waals surface area (Å²) in [5, 5.41) is 3.85. The zero-order valence-corrected chi connectivity index (χ0v) is 18.2. The van der Waals surface area contributed by atoms with Gasteiger partial charge in [-0.3, -0.25) is 9.10 Å². The molecule has 3 rings (SSSR count). The lowest BCUT2D eigenvalue weighted by atomic mass is 10.2. The summed E-state index contributed by atoms with van der Waals surface area (Å²) in [5.74, 6) is -0.115. The van der Waals surface area contributed by atoms with Crippen LogP contribution in [0, 0.1) is 6.92 Å². The van der Waals surface area contributed by atoms with E-state index in [-0.39, 0.29) is 5.69 Å². The van der Waals surface area contributed by atoms with Gasteiger partial charge in [-0.15, -0.1) is 0 Å². The molecule has 7 heteroatoms. The summed E-state index contributed by atoms with van der Waals surface area (Å²) in [6.07, 6.45) is 1.50. The van der Waals surface area contributed by atoms with Crippen molar-refractivity contribution in [3.63, 3.8) is 0 Å². The van der Waals surface area contributed by atoms with Crippen LogP contribution in [0.4, 0.5) is 11.4 Å². The molecule has 0 bridgehead atoms. The standard InChI is InChI=1S/C24H24N2O4S/c1-19-9-8-12-21(17-19)25-24(27)18-26(22-13-6-7-14-23(22)30-2)31(28,29)16-15-20-10-4-3-5-11-20/h3-17H,18H2,1-2H3,(H,25,27). The summed E-state index contributed by atoms with van der Waals surface area (Å²) in [7, 11) is -2.54. The first-order valence-electron chi connectivity index (χ1n) is 9.64. The fourth-order valence-corrected chi connectivity index (χ4v) is 4.20. The Bertz CT molecular complexity index is 1170. The minimum atomic E-state index is -3.99. The molecule has 0 radical (unpaired) electrons. The molecule has 6 nitrogen and oxygen atoms in total. The second-order valence-electron chi connectivity index (χ2n) is 6.85. The van der Waals surface area contributed by atoms with Gasteiger partial charge < -0.3 is 10.1 Å².